The summed E-state index contributed by atoms with van der Waals surface area (Å²) in [4.78, 5) is 0. The number of nitrogens with one attached hydrogen (secondary N) is 1. The molecule has 0 saturated heterocycles. The van der Waals surface area contributed by atoms with Crippen LogP contribution in [0.1, 0.15) is 32.8 Å². The quantitative estimate of drug-likeness (QED) is 0.763. The van der Waals surface area contributed by atoms with Crippen molar-refractivity contribution in [1.82, 2.24) is 5.32 Å². The number of benzene rings is 1. The lowest BCUT2D eigenvalue weighted by Gasteiger charge is -2.13. The molecule has 0 bridgehead atoms. The zero-order valence-electron chi connectivity index (χ0n) is 11.1. The Morgan fingerprint density at radius 1 is 1.18 bits per heavy atom. The molecule has 1 atom stereocenters. The summed E-state index contributed by atoms with van der Waals surface area (Å²) in [7, 11) is 0. The molecular weight excluding hydrogens is 212 g/mol. The van der Waals surface area contributed by atoms with E-state index in [1.54, 1.807) is 0 Å². The Morgan fingerprint density at radius 3 is 2.35 bits per heavy atom. The third kappa shape index (κ3) is 5.71. The van der Waals surface area contributed by atoms with E-state index in [9.17, 15) is 0 Å². The van der Waals surface area contributed by atoms with Gasteiger partial charge in [-0.2, -0.15) is 0 Å². The van der Waals surface area contributed by atoms with E-state index in [4.69, 9.17) is 10.5 Å². The van der Waals surface area contributed by atoms with Crippen molar-refractivity contribution in [2.24, 2.45) is 5.73 Å². The molecule has 96 valence electrons. The van der Waals surface area contributed by atoms with Crippen molar-refractivity contribution in [3.05, 3.63) is 29.8 Å². The molecular formula is C14H24N2O. The summed E-state index contributed by atoms with van der Waals surface area (Å²) in [6.45, 7) is 7.83. The van der Waals surface area contributed by atoms with Gasteiger partial charge in [0.1, 0.15) is 5.75 Å². The molecule has 0 spiro atoms. The minimum atomic E-state index is 0.226. The summed E-state index contributed by atoms with van der Waals surface area (Å²) in [6.07, 6.45) is 1.23. The number of rotatable bonds is 7. The summed E-state index contributed by atoms with van der Waals surface area (Å²) < 4.78 is 5.60. The third-order valence-corrected chi connectivity index (χ3v) is 2.55. The van der Waals surface area contributed by atoms with Crippen LogP contribution in [0.15, 0.2) is 24.3 Å². The Kier molecular flexibility index (Phi) is 6.01. The SMILES string of the molecule is CC(CCN)NCc1ccc(OC(C)C)cc1. The standard InChI is InChI=1S/C14H24N2O/c1-11(2)17-14-6-4-13(5-7-14)10-16-12(3)8-9-15/h4-7,11-12,16H,8-10,15H2,1-3H3. The van der Waals surface area contributed by atoms with Crippen LogP contribution in [0.4, 0.5) is 0 Å². The lowest BCUT2D eigenvalue weighted by molar-refractivity contribution is 0.242. The molecule has 1 aromatic carbocycles. The molecule has 0 aliphatic rings. The van der Waals surface area contributed by atoms with Crippen LogP contribution in [-0.2, 0) is 6.54 Å². The Hall–Kier alpha value is -1.06. The average molecular weight is 236 g/mol. The lowest BCUT2D eigenvalue weighted by atomic mass is 10.2. The largest absolute Gasteiger partial charge is 0.491 e. The van der Waals surface area contributed by atoms with Gasteiger partial charge in [0, 0.05) is 12.6 Å². The molecule has 0 aliphatic heterocycles. The third-order valence-electron chi connectivity index (χ3n) is 2.55. The van der Waals surface area contributed by atoms with E-state index in [1.165, 1.54) is 5.56 Å². The molecule has 3 nitrogen and oxygen atoms in total. The van der Waals surface area contributed by atoms with Gasteiger partial charge in [0.25, 0.3) is 0 Å². The minimum Gasteiger partial charge on any atom is -0.491 e. The van der Waals surface area contributed by atoms with Crippen LogP contribution in [0.2, 0.25) is 0 Å². The van der Waals surface area contributed by atoms with Gasteiger partial charge in [-0.05, 0) is 51.4 Å². The fraction of sp³-hybridized carbons (Fsp3) is 0.571. The fourth-order valence-corrected chi connectivity index (χ4v) is 1.60. The molecule has 3 N–H and O–H groups in total. The molecule has 17 heavy (non-hydrogen) atoms. The van der Waals surface area contributed by atoms with Gasteiger partial charge in [-0.1, -0.05) is 12.1 Å². The average Bonchev–Trinajstić information content (AvgIpc) is 2.28. The van der Waals surface area contributed by atoms with Crippen molar-refractivity contribution < 1.29 is 4.74 Å². The maximum Gasteiger partial charge on any atom is 0.119 e. The summed E-state index contributed by atoms with van der Waals surface area (Å²) in [6, 6.07) is 8.70. The second-order valence-corrected chi connectivity index (χ2v) is 4.67. The molecule has 1 rings (SSSR count). The van der Waals surface area contributed by atoms with E-state index < -0.39 is 0 Å². The second kappa shape index (κ2) is 7.30. The van der Waals surface area contributed by atoms with Gasteiger partial charge in [-0.3, -0.25) is 0 Å². The van der Waals surface area contributed by atoms with Crippen LogP contribution in [-0.4, -0.2) is 18.7 Å². The van der Waals surface area contributed by atoms with Gasteiger partial charge in [0.05, 0.1) is 6.10 Å². The molecule has 3 heteroatoms. The van der Waals surface area contributed by atoms with Crippen LogP contribution in [0.3, 0.4) is 0 Å². The van der Waals surface area contributed by atoms with E-state index in [1.807, 2.05) is 26.0 Å². The second-order valence-electron chi connectivity index (χ2n) is 4.67. The Bertz CT molecular complexity index is 309. The normalized spacial score (nSPS) is 12.8. The van der Waals surface area contributed by atoms with Gasteiger partial charge < -0.3 is 15.8 Å². The molecule has 0 heterocycles. The highest BCUT2D eigenvalue weighted by molar-refractivity contribution is 5.27. The first-order valence-electron chi connectivity index (χ1n) is 6.31. The van der Waals surface area contributed by atoms with Crippen LogP contribution >= 0.6 is 0 Å². The predicted molar refractivity (Wildman–Crippen MR) is 72.2 cm³/mol. The molecule has 0 amide bonds. The van der Waals surface area contributed by atoms with Gasteiger partial charge in [0.15, 0.2) is 0 Å². The van der Waals surface area contributed by atoms with Crippen LogP contribution < -0.4 is 15.8 Å². The summed E-state index contributed by atoms with van der Waals surface area (Å²) in [5, 5.41) is 3.44. The molecule has 0 saturated carbocycles. The molecule has 1 aromatic rings. The van der Waals surface area contributed by atoms with Crippen molar-refractivity contribution in [3.8, 4) is 5.75 Å². The maximum atomic E-state index is 5.60. The molecule has 0 radical (unpaired) electrons. The zero-order valence-corrected chi connectivity index (χ0v) is 11.1. The van der Waals surface area contributed by atoms with E-state index in [2.05, 4.69) is 24.4 Å². The van der Waals surface area contributed by atoms with E-state index in [0.717, 1.165) is 25.3 Å². The maximum absolute atomic E-state index is 5.60. The summed E-state index contributed by atoms with van der Waals surface area (Å²) >= 11 is 0. The van der Waals surface area contributed by atoms with E-state index >= 15 is 0 Å². The van der Waals surface area contributed by atoms with Gasteiger partial charge in [0.2, 0.25) is 0 Å². The van der Waals surface area contributed by atoms with Crippen LogP contribution in [0.5, 0.6) is 5.75 Å². The van der Waals surface area contributed by atoms with E-state index in [-0.39, 0.29) is 6.10 Å². The first-order valence-corrected chi connectivity index (χ1v) is 6.31. The topological polar surface area (TPSA) is 47.3 Å². The highest BCUT2D eigenvalue weighted by Gasteiger charge is 2.01. The van der Waals surface area contributed by atoms with Gasteiger partial charge in [-0.15, -0.1) is 0 Å². The first-order chi connectivity index (χ1) is 8.11. The Labute approximate surface area is 104 Å². The van der Waals surface area contributed by atoms with Crippen LogP contribution in [0.25, 0.3) is 0 Å². The Balaban J connectivity index is 2.40. The minimum absolute atomic E-state index is 0.226. The zero-order chi connectivity index (χ0) is 12.7. The highest BCUT2D eigenvalue weighted by atomic mass is 16.5. The Morgan fingerprint density at radius 2 is 1.82 bits per heavy atom. The monoisotopic (exact) mass is 236 g/mol. The van der Waals surface area contributed by atoms with E-state index in [0.29, 0.717) is 6.04 Å². The number of hydrogen-bond acceptors (Lipinski definition) is 3. The molecule has 0 fully saturated rings. The molecule has 0 aliphatic carbocycles. The van der Waals surface area contributed by atoms with Crippen LogP contribution in [0, 0.1) is 0 Å². The van der Waals surface area contributed by atoms with Crippen molar-refractivity contribution in [2.45, 2.75) is 45.9 Å². The number of ether oxygens (including phenoxy) is 1. The predicted octanol–water partition coefficient (Wildman–Crippen LogP) is 2.30. The van der Waals surface area contributed by atoms with Gasteiger partial charge in [-0.25, -0.2) is 0 Å². The molecule has 1 unspecified atom stereocenters. The smallest absolute Gasteiger partial charge is 0.119 e. The van der Waals surface area contributed by atoms with Crippen molar-refractivity contribution in [2.75, 3.05) is 6.54 Å². The van der Waals surface area contributed by atoms with Gasteiger partial charge >= 0.3 is 0 Å². The van der Waals surface area contributed by atoms with Crippen molar-refractivity contribution in [1.29, 1.82) is 0 Å². The fourth-order valence-electron chi connectivity index (χ4n) is 1.60. The lowest BCUT2D eigenvalue weighted by Crippen LogP contribution is -2.27. The van der Waals surface area contributed by atoms with Crippen molar-refractivity contribution >= 4 is 0 Å². The first kappa shape index (κ1) is 14.0. The summed E-state index contributed by atoms with van der Waals surface area (Å²) in [5.74, 6) is 0.929. The molecule has 0 aromatic heterocycles. The highest BCUT2D eigenvalue weighted by Crippen LogP contribution is 2.13. The van der Waals surface area contributed by atoms with Crippen molar-refractivity contribution in [3.63, 3.8) is 0 Å². The summed E-state index contributed by atoms with van der Waals surface area (Å²) in [5.41, 5.74) is 6.78. The number of nitrogens with two attached hydrogens (primary N) is 1. The number of hydrogen-bond donors (Lipinski definition) is 2.